The minimum absolute atomic E-state index is 0.248. The molecule has 5 heteroatoms. The molecule has 1 aromatic rings. The van der Waals surface area contributed by atoms with Crippen molar-refractivity contribution in [3.05, 3.63) is 35.6 Å². The molecular weight excluding hydrogens is 245 g/mol. The molecule has 2 amide bonds. The van der Waals surface area contributed by atoms with E-state index >= 15 is 0 Å². The van der Waals surface area contributed by atoms with E-state index in [1.807, 2.05) is 0 Å². The van der Waals surface area contributed by atoms with Crippen molar-refractivity contribution >= 4 is 12.2 Å². The Morgan fingerprint density at radius 2 is 2.11 bits per heavy atom. The number of amides is 2. The van der Waals surface area contributed by atoms with Crippen LogP contribution in [0.5, 0.6) is 0 Å². The number of hydrogen-bond acceptors (Lipinski definition) is 2. The van der Waals surface area contributed by atoms with E-state index in [0.717, 1.165) is 25.7 Å². The SMILES string of the molecule is O=C(N/N=C\c1cccc(F)c1)NC1CCCCC1. The van der Waals surface area contributed by atoms with Crippen molar-refractivity contribution in [2.24, 2.45) is 5.10 Å². The zero-order chi connectivity index (χ0) is 13.5. The number of rotatable bonds is 3. The monoisotopic (exact) mass is 263 g/mol. The summed E-state index contributed by atoms with van der Waals surface area (Å²) in [6.45, 7) is 0. The molecule has 1 aromatic carbocycles. The molecule has 1 aliphatic carbocycles. The summed E-state index contributed by atoms with van der Waals surface area (Å²) >= 11 is 0. The summed E-state index contributed by atoms with van der Waals surface area (Å²) in [6, 6.07) is 5.97. The van der Waals surface area contributed by atoms with E-state index in [1.165, 1.54) is 24.8 Å². The molecule has 0 aromatic heterocycles. The maximum absolute atomic E-state index is 12.9. The van der Waals surface area contributed by atoms with E-state index in [4.69, 9.17) is 0 Å². The Morgan fingerprint density at radius 1 is 1.32 bits per heavy atom. The number of hydrazone groups is 1. The maximum atomic E-state index is 12.9. The third-order valence-corrected chi connectivity index (χ3v) is 3.17. The lowest BCUT2D eigenvalue weighted by Crippen LogP contribution is -2.41. The van der Waals surface area contributed by atoms with Gasteiger partial charge in [0.15, 0.2) is 0 Å². The number of benzene rings is 1. The second kappa shape index (κ2) is 6.87. The van der Waals surface area contributed by atoms with Gasteiger partial charge in [-0.05, 0) is 30.5 Å². The van der Waals surface area contributed by atoms with Gasteiger partial charge in [0.2, 0.25) is 0 Å². The summed E-state index contributed by atoms with van der Waals surface area (Å²) in [5.41, 5.74) is 3.00. The van der Waals surface area contributed by atoms with Gasteiger partial charge in [-0.2, -0.15) is 5.10 Å². The topological polar surface area (TPSA) is 53.5 Å². The predicted octanol–water partition coefficient (Wildman–Crippen LogP) is 2.79. The lowest BCUT2D eigenvalue weighted by Gasteiger charge is -2.22. The van der Waals surface area contributed by atoms with E-state index in [0.29, 0.717) is 5.56 Å². The first kappa shape index (κ1) is 13.5. The summed E-state index contributed by atoms with van der Waals surface area (Å²) in [5, 5.41) is 6.67. The molecule has 0 saturated heterocycles. The van der Waals surface area contributed by atoms with Crippen molar-refractivity contribution in [3.8, 4) is 0 Å². The molecule has 102 valence electrons. The number of nitrogens with one attached hydrogen (secondary N) is 2. The van der Waals surface area contributed by atoms with E-state index < -0.39 is 0 Å². The minimum atomic E-state index is -0.324. The molecule has 4 nitrogen and oxygen atoms in total. The molecule has 1 aliphatic rings. The van der Waals surface area contributed by atoms with Crippen molar-refractivity contribution < 1.29 is 9.18 Å². The van der Waals surface area contributed by atoms with Crippen LogP contribution in [0.4, 0.5) is 9.18 Å². The highest BCUT2D eigenvalue weighted by molar-refractivity contribution is 5.81. The molecule has 0 heterocycles. The fourth-order valence-electron chi connectivity index (χ4n) is 2.22. The van der Waals surface area contributed by atoms with Gasteiger partial charge in [0, 0.05) is 6.04 Å². The van der Waals surface area contributed by atoms with Crippen molar-refractivity contribution in [2.45, 2.75) is 38.1 Å². The lowest BCUT2D eigenvalue weighted by atomic mass is 9.96. The van der Waals surface area contributed by atoms with Crippen LogP contribution in [0.15, 0.2) is 29.4 Å². The highest BCUT2D eigenvalue weighted by atomic mass is 19.1. The van der Waals surface area contributed by atoms with Gasteiger partial charge in [-0.3, -0.25) is 0 Å². The van der Waals surface area contributed by atoms with Crippen LogP contribution in [0.25, 0.3) is 0 Å². The molecule has 0 bridgehead atoms. The summed E-state index contributed by atoms with van der Waals surface area (Å²) < 4.78 is 12.9. The normalized spacial score (nSPS) is 16.5. The van der Waals surface area contributed by atoms with Crippen molar-refractivity contribution in [1.29, 1.82) is 0 Å². The second-order valence-corrected chi connectivity index (χ2v) is 4.73. The van der Waals surface area contributed by atoms with E-state index in [-0.39, 0.29) is 17.9 Å². The molecule has 0 radical (unpaired) electrons. The first-order valence-corrected chi connectivity index (χ1v) is 6.59. The first-order valence-electron chi connectivity index (χ1n) is 6.59. The van der Waals surface area contributed by atoms with Crippen LogP contribution in [-0.2, 0) is 0 Å². The largest absolute Gasteiger partial charge is 0.335 e. The molecule has 1 fully saturated rings. The molecule has 0 spiro atoms. The molecule has 19 heavy (non-hydrogen) atoms. The fraction of sp³-hybridized carbons (Fsp3) is 0.429. The number of carbonyl (C=O) groups is 1. The van der Waals surface area contributed by atoms with Crippen LogP contribution < -0.4 is 10.7 Å². The molecule has 0 aliphatic heterocycles. The average molecular weight is 263 g/mol. The molecule has 0 atom stereocenters. The lowest BCUT2D eigenvalue weighted by molar-refractivity contribution is 0.233. The summed E-state index contributed by atoms with van der Waals surface area (Å²) in [5.74, 6) is -0.324. The second-order valence-electron chi connectivity index (χ2n) is 4.73. The summed E-state index contributed by atoms with van der Waals surface area (Å²) in [4.78, 5) is 11.6. The number of halogens is 1. The smallest absolute Gasteiger partial charge is 0.334 e. The average Bonchev–Trinajstić information content (AvgIpc) is 2.40. The zero-order valence-electron chi connectivity index (χ0n) is 10.7. The molecule has 2 rings (SSSR count). The number of urea groups is 1. The van der Waals surface area contributed by atoms with Gasteiger partial charge in [-0.15, -0.1) is 0 Å². The standard InChI is InChI=1S/C14H18FN3O/c15-12-6-4-5-11(9-12)10-16-18-14(19)17-13-7-2-1-3-8-13/h4-6,9-10,13H,1-3,7-8H2,(H2,17,18,19)/b16-10-. The Labute approximate surface area is 112 Å². The number of hydrogen-bond donors (Lipinski definition) is 2. The first-order chi connectivity index (χ1) is 9.24. The van der Waals surface area contributed by atoms with Crippen LogP contribution in [0.2, 0.25) is 0 Å². The minimum Gasteiger partial charge on any atom is -0.334 e. The molecule has 0 unspecified atom stereocenters. The number of nitrogens with zero attached hydrogens (tertiary/aromatic N) is 1. The van der Waals surface area contributed by atoms with E-state index in [9.17, 15) is 9.18 Å². The number of carbonyl (C=O) groups excluding carboxylic acids is 1. The van der Waals surface area contributed by atoms with Crippen LogP contribution in [0, 0.1) is 5.82 Å². The molecular formula is C14H18FN3O. The van der Waals surface area contributed by atoms with Gasteiger partial charge in [0.1, 0.15) is 5.82 Å². The van der Waals surface area contributed by atoms with Gasteiger partial charge >= 0.3 is 6.03 Å². The van der Waals surface area contributed by atoms with Crippen molar-refractivity contribution in [1.82, 2.24) is 10.7 Å². The van der Waals surface area contributed by atoms with Gasteiger partial charge in [0.05, 0.1) is 6.21 Å². The van der Waals surface area contributed by atoms with E-state index in [1.54, 1.807) is 12.1 Å². The predicted molar refractivity (Wildman–Crippen MR) is 72.5 cm³/mol. The van der Waals surface area contributed by atoms with Crippen LogP contribution >= 0.6 is 0 Å². The van der Waals surface area contributed by atoms with Gasteiger partial charge in [-0.1, -0.05) is 31.4 Å². The highest BCUT2D eigenvalue weighted by Gasteiger charge is 2.14. The third kappa shape index (κ3) is 4.69. The third-order valence-electron chi connectivity index (χ3n) is 3.17. The van der Waals surface area contributed by atoms with Crippen LogP contribution in [0.1, 0.15) is 37.7 Å². The fourth-order valence-corrected chi connectivity index (χ4v) is 2.22. The van der Waals surface area contributed by atoms with Gasteiger partial charge < -0.3 is 5.32 Å². The summed E-state index contributed by atoms with van der Waals surface area (Å²) in [7, 11) is 0. The Balaban J connectivity index is 1.76. The molecule has 2 N–H and O–H groups in total. The molecule has 1 saturated carbocycles. The van der Waals surface area contributed by atoms with Crippen LogP contribution in [-0.4, -0.2) is 18.3 Å². The van der Waals surface area contributed by atoms with Gasteiger partial charge in [0.25, 0.3) is 0 Å². The highest BCUT2D eigenvalue weighted by Crippen LogP contribution is 2.17. The maximum Gasteiger partial charge on any atom is 0.335 e. The quantitative estimate of drug-likeness (QED) is 0.639. The Hall–Kier alpha value is -1.91. The Bertz CT molecular complexity index is 456. The van der Waals surface area contributed by atoms with Gasteiger partial charge in [-0.25, -0.2) is 14.6 Å². The zero-order valence-corrected chi connectivity index (χ0v) is 10.7. The van der Waals surface area contributed by atoms with Crippen molar-refractivity contribution in [3.63, 3.8) is 0 Å². The van der Waals surface area contributed by atoms with E-state index in [2.05, 4.69) is 15.8 Å². The van der Waals surface area contributed by atoms with Crippen molar-refractivity contribution in [2.75, 3.05) is 0 Å². The van der Waals surface area contributed by atoms with Crippen LogP contribution in [0.3, 0.4) is 0 Å². The Kier molecular flexibility index (Phi) is 4.89. The summed E-state index contributed by atoms with van der Waals surface area (Å²) in [6.07, 6.45) is 7.05. The Morgan fingerprint density at radius 3 is 2.84 bits per heavy atom.